The third kappa shape index (κ3) is 3.43. The molecule has 0 aliphatic carbocycles. The van der Waals surface area contributed by atoms with E-state index in [1.165, 1.54) is 31.5 Å². The molecule has 1 fully saturated rings. The van der Waals surface area contributed by atoms with E-state index in [1.54, 1.807) is 13.3 Å². The largest absolute Gasteiger partial charge is 0.481 e. The Bertz CT molecular complexity index is 368. The standard InChI is InChI=1S/C14H23N3O/c1-15-9-12-5-4-8-17(10-12)11-13-6-3-7-16-14(13)18-2/h3,6-7,12,15H,4-5,8-11H2,1-2H3. The maximum atomic E-state index is 5.31. The fourth-order valence-electron chi connectivity index (χ4n) is 2.72. The van der Waals surface area contributed by atoms with Gasteiger partial charge in [-0.3, -0.25) is 4.90 Å². The lowest BCUT2D eigenvalue weighted by molar-refractivity contribution is 0.165. The van der Waals surface area contributed by atoms with Crippen molar-refractivity contribution in [2.75, 3.05) is 33.8 Å². The Morgan fingerprint density at radius 2 is 2.44 bits per heavy atom. The Hall–Kier alpha value is -1.13. The first-order chi connectivity index (χ1) is 8.83. The number of nitrogens with zero attached hydrogens (tertiary/aromatic N) is 2. The van der Waals surface area contributed by atoms with Gasteiger partial charge < -0.3 is 10.1 Å². The maximum Gasteiger partial charge on any atom is 0.217 e. The van der Waals surface area contributed by atoms with E-state index in [0.717, 1.165) is 24.9 Å². The first-order valence-corrected chi connectivity index (χ1v) is 6.68. The van der Waals surface area contributed by atoms with Crippen molar-refractivity contribution < 1.29 is 4.74 Å². The molecular formula is C14H23N3O. The summed E-state index contributed by atoms with van der Waals surface area (Å²) in [5.41, 5.74) is 1.19. The maximum absolute atomic E-state index is 5.31. The third-order valence-electron chi connectivity index (χ3n) is 3.53. The van der Waals surface area contributed by atoms with E-state index in [0.29, 0.717) is 0 Å². The van der Waals surface area contributed by atoms with Gasteiger partial charge in [-0.15, -0.1) is 0 Å². The third-order valence-corrected chi connectivity index (χ3v) is 3.53. The van der Waals surface area contributed by atoms with Crippen LogP contribution in [0.15, 0.2) is 18.3 Å². The number of hydrogen-bond donors (Lipinski definition) is 1. The molecule has 0 aromatic carbocycles. The lowest BCUT2D eigenvalue weighted by atomic mass is 9.97. The number of rotatable bonds is 5. The zero-order valence-electron chi connectivity index (χ0n) is 11.4. The van der Waals surface area contributed by atoms with Crippen molar-refractivity contribution >= 4 is 0 Å². The molecule has 100 valence electrons. The minimum atomic E-state index is 0.758. The Kier molecular flexibility index (Phi) is 4.96. The van der Waals surface area contributed by atoms with Crippen LogP contribution in [0.25, 0.3) is 0 Å². The number of aromatic nitrogens is 1. The Balaban J connectivity index is 1.96. The first-order valence-electron chi connectivity index (χ1n) is 6.68. The number of hydrogen-bond acceptors (Lipinski definition) is 4. The van der Waals surface area contributed by atoms with Gasteiger partial charge in [-0.1, -0.05) is 6.07 Å². The monoisotopic (exact) mass is 249 g/mol. The van der Waals surface area contributed by atoms with E-state index < -0.39 is 0 Å². The van der Waals surface area contributed by atoms with E-state index >= 15 is 0 Å². The van der Waals surface area contributed by atoms with E-state index in [4.69, 9.17) is 4.74 Å². The zero-order chi connectivity index (χ0) is 12.8. The Morgan fingerprint density at radius 3 is 3.22 bits per heavy atom. The summed E-state index contributed by atoms with van der Waals surface area (Å²) in [6.45, 7) is 4.40. The average molecular weight is 249 g/mol. The number of piperidine rings is 1. The molecule has 1 aliphatic rings. The summed E-state index contributed by atoms with van der Waals surface area (Å²) < 4.78 is 5.31. The number of methoxy groups -OCH3 is 1. The van der Waals surface area contributed by atoms with Gasteiger partial charge in [0.15, 0.2) is 0 Å². The molecule has 18 heavy (non-hydrogen) atoms. The molecule has 0 spiro atoms. The van der Waals surface area contributed by atoms with Crippen LogP contribution in [0, 0.1) is 5.92 Å². The van der Waals surface area contributed by atoms with Crippen LogP contribution in [0.5, 0.6) is 5.88 Å². The van der Waals surface area contributed by atoms with Gasteiger partial charge in [-0.05, 0) is 45.0 Å². The molecule has 2 heterocycles. The van der Waals surface area contributed by atoms with Crippen LogP contribution < -0.4 is 10.1 Å². The van der Waals surface area contributed by atoms with E-state index in [2.05, 4.69) is 21.3 Å². The van der Waals surface area contributed by atoms with Crippen LogP contribution in [0.1, 0.15) is 18.4 Å². The van der Waals surface area contributed by atoms with Crippen molar-refractivity contribution in [1.82, 2.24) is 15.2 Å². The fraction of sp³-hybridized carbons (Fsp3) is 0.643. The predicted molar refractivity (Wildman–Crippen MR) is 72.7 cm³/mol. The van der Waals surface area contributed by atoms with Crippen molar-refractivity contribution in [3.05, 3.63) is 23.9 Å². The highest BCUT2D eigenvalue weighted by Gasteiger charge is 2.20. The summed E-state index contributed by atoms with van der Waals surface area (Å²) >= 11 is 0. The van der Waals surface area contributed by atoms with Crippen LogP contribution in [0.4, 0.5) is 0 Å². The van der Waals surface area contributed by atoms with Crippen LogP contribution in [-0.2, 0) is 6.54 Å². The molecule has 1 aromatic rings. The molecule has 4 nitrogen and oxygen atoms in total. The topological polar surface area (TPSA) is 37.4 Å². The second-order valence-electron chi connectivity index (χ2n) is 4.97. The van der Waals surface area contributed by atoms with Gasteiger partial charge >= 0.3 is 0 Å². The molecule has 2 rings (SSSR count). The molecule has 0 amide bonds. The van der Waals surface area contributed by atoms with E-state index in [-0.39, 0.29) is 0 Å². The van der Waals surface area contributed by atoms with Gasteiger partial charge in [0, 0.05) is 24.8 Å². The van der Waals surface area contributed by atoms with E-state index in [9.17, 15) is 0 Å². The Morgan fingerprint density at radius 1 is 1.56 bits per heavy atom. The van der Waals surface area contributed by atoms with Crippen LogP contribution in [0.3, 0.4) is 0 Å². The van der Waals surface area contributed by atoms with Crippen molar-refractivity contribution in [2.24, 2.45) is 5.92 Å². The highest BCUT2D eigenvalue weighted by Crippen LogP contribution is 2.21. The van der Waals surface area contributed by atoms with Crippen molar-refractivity contribution in [3.63, 3.8) is 0 Å². The number of ether oxygens (including phenoxy) is 1. The van der Waals surface area contributed by atoms with Gasteiger partial charge in [0.05, 0.1) is 7.11 Å². The molecule has 1 unspecified atom stereocenters. The smallest absolute Gasteiger partial charge is 0.217 e. The molecule has 1 aromatic heterocycles. The molecule has 0 saturated carbocycles. The SMILES string of the molecule is CNCC1CCCN(Cc2cccnc2OC)C1. The summed E-state index contributed by atoms with van der Waals surface area (Å²) in [4.78, 5) is 6.76. The van der Waals surface area contributed by atoms with Gasteiger partial charge in [0.25, 0.3) is 0 Å². The normalized spacial score (nSPS) is 20.9. The number of pyridine rings is 1. The van der Waals surface area contributed by atoms with E-state index in [1.807, 2.05) is 13.1 Å². The summed E-state index contributed by atoms with van der Waals surface area (Å²) in [6.07, 6.45) is 4.40. The van der Waals surface area contributed by atoms with Gasteiger partial charge in [0.1, 0.15) is 0 Å². The molecule has 1 saturated heterocycles. The highest BCUT2D eigenvalue weighted by atomic mass is 16.5. The zero-order valence-corrected chi connectivity index (χ0v) is 11.4. The van der Waals surface area contributed by atoms with Crippen molar-refractivity contribution in [3.8, 4) is 5.88 Å². The lowest BCUT2D eigenvalue weighted by Crippen LogP contribution is -2.38. The molecule has 4 heteroatoms. The lowest BCUT2D eigenvalue weighted by Gasteiger charge is -2.32. The molecule has 0 radical (unpaired) electrons. The van der Waals surface area contributed by atoms with Crippen LogP contribution in [-0.4, -0.2) is 43.7 Å². The summed E-state index contributed by atoms with van der Waals surface area (Å²) in [5, 5.41) is 3.28. The first kappa shape index (κ1) is 13.3. The highest BCUT2D eigenvalue weighted by molar-refractivity contribution is 5.25. The molecule has 1 aliphatic heterocycles. The Labute approximate surface area is 109 Å². The second-order valence-corrected chi connectivity index (χ2v) is 4.97. The summed E-state index contributed by atoms with van der Waals surface area (Å²) in [7, 11) is 3.72. The fourth-order valence-corrected chi connectivity index (χ4v) is 2.72. The quantitative estimate of drug-likeness (QED) is 0.858. The van der Waals surface area contributed by atoms with Crippen molar-refractivity contribution in [2.45, 2.75) is 19.4 Å². The van der Waals surface area contributed by atoms with Gasteiger partial charge in [-0.2, -0.15) is 0 Å². The van der Waals surface area contributed by atoms with Gasteiger partial charge in [-0.25, -0.2) is 4.98 Å². The second kappa shape index (κ2) is 6.71. The minimum Gasteiger partial charge on any atom is -0.481 e. The minimum absolute atomic E-state index is 0.758. The molecule has 1 atom stereocenters. The van der Waals surface area contributed by atoms with Gasteiger partial charge in [0.2, 0.25) is 5.88 Å². The number of nitrogens with one attached hydrogen (secondary N) is 1. The molecular weight excluding hydrogens is 226 g/mol. The number of likely N-dealkylation sites (tertiary alicyclic amines) is 1. The predicted octanol–water partition coefficient (Wildman–Crippen LogP) is 1.52. The average Bonchev–Trinajstić information content (AvgIpc) is 2.40. The summed E-state index contributed by atoms with van der Waals surface area (Å²) in [6, 6.07) is 4.08. The van der Waals surface area contributed by atoms with Crippen LogP contribution >= 0.6 is 0 Å². The molecule has 1 N–H and O–H groups in total. The van der Waals surface area contributed by atoms with Crippen LogP contribution in [0.2, 0.25) is 0 Å². The molecule has 0 bridgehead atoms. The van der Waals surface area contributed by atoms with Crippen molar-refractivity contribution in [1.29, 1.82) is 0 Å². The summed E-state index contributed by atoms with van der Waals surface area (Å²) in [5.74, 6) is 1.53.